The molecule has 14 heteroatoms. The van der Waals surface area contributed by atoms with E-state index in [1.165, 1.54) is 12.1 Å². The first-order valence-electron chi connectivity index (χ1n) is 17.2. The first kappa shape index (κ1) is 39.8. The Morgan fingerprint density at radius 3 is 2.34 bits per heavy atom. The number of nitrogens with zero attached hydrogens (tertiary/aromatic N) is 4. The largest absolute Gasteiger partial charge is 0.487 e. The highest BCUT2D eigenvalue weighted by Crippen LogP contribution is 2.34. The Morgan fingerprint density at radius 2 is 1.68 bits per heavy atom. The number of nitrogens with two attached hydrogens (primary N) is 1. The Hall–Kier alpha value is -3.00. The van der Waals surface area contributed by atoms with E-state index in [9.17, 15) is 18.0 Å². The Kier molecular flexibility index (Phi) is 14.3. The zero-order valence-corrected chi connectivity index (χ0v) is 32.0. The lowest BCUT2D eigenvalue weighted by Crippen LogP contribution is -2.57. The van der Waals surface area contributed by atoms with E-state index in [-0.39, 0.29) is 46.5 Å². The van der Waals surface area contributed by atoms with Crippen molar-refractivity contribution < 1.29 is 22.7 Å². The monoisotopic (exact) mass is 748 g/mol. The van der Waals surface area contributed by atoms with E-state index in [4.69, 9.17) is 33.7 Å². The van der Waals surface area contributed by atoms with E-state index in [1.807, 2.05) is 53.1 Å². The van der Waals surface area contributed by atoms with E-state index in [1.54, 1.807) is 15.9 Å². The van der Waals surface area contributed by atoms with Gasteiger partial charge in [-0.05, 0) is 83.6 Å². The fraction of sp³-hybridized carbons (Fsp3) is 0.528. The minimum absolute atomic E-state index is 0.0857. The number of hydrogen-bond donors (Lipinski definition) is 2. The van der Waals surface area contributed by atoms with Crippen LogP contribution in [-0.2, 0) is 26.2 Å². The molecule has 2 aromatic carbocycles. The highest BCUT2D eigenvalue weighted by Gasteiger charge is 2.34. The third kappa shape index (κ3) is 10.1. The minimum atomic E-state index is -4.26. The van der Waals surface area contributed by atoms with E-state index in [0.717, 1.165) is 42.5 Å². The molecule has 50 heavy (non-hydrogen) atoms. The molecule has 0 unspecified atom stereocenters. The van der Waals surface area contributed by atoms with E-state index in [0.29, 0.717) is 49.2 Å². The average molecular weight is 750 g/mol. The maximum Gasteiger partial charge on any atom is 0.242 e. The van der Waals surface area contributed by atoms with Crippen LogP contribution in [0.25, 0.3) is 10.9 Å². The van der Waals surface area contributed by atoms with Gasteiger partial charge in [0.15, 0.2) is 0 Å². The number of unbranched alkanes of at least 4 members (excludes halogenated alkanes) is 2. The Balaban J connectivity index is 1.44. The van der Waals surface area contributed by atoms with Crippen LogP contribution in [-0.4, -0.2) is 98.8 Å². The minimum Gasteiger partial charge on any atom is -0.487 e. The van der Waals surface area contributed by atoms with Gasteiger partial charge in [-0.1, -0.05) is 61.5 Å². The molecular weight excluding hydrogens is 699 g/mol. The molecular formula is C36H50Cl2N6O5S. The molecule has 2 heterocycles. The number of fused-ring (bicyclic) bond motifs is 1. The van der Waals surface area contributed by atoms with E-state index in [2.05, 4.69) is 14.6 Å². The number of hydrogen-bond acceptors (Lipinski definition) is 8. The van der Waals surface area contributed by atoms with Crippen LogP contribution in [0.5, 0.6) is 5.75 Å². The summed E-state index contributed by atoms with van der Waals surface area (Å²) in [5, 5.41) is 1.10. The van der Waals surface area contributed by atoms with Gasteiger partial charge in [-0.2, -0.15) is 4.72 Å². The molecule has 274 valence electrons. The second kappa shape index (κ2) is 18.0. The molecule has 2 atom stereocenters. The number of rotatable bonds is 16. The lowest BCUT2D eigenvalue weighted by atomic mass is 10.1. The topological polar surface area (TPSA) is 138 Å². The van der Waals surface area contributed by atoms with Gasteiger partial charge in [0.25, 0.3) is 0 Å². The zero-order valence-electron chi connectivity index (χ0n) is 29.7. The molecule has 0 aliphatic carbocycles. The van der Waals surface area contributed by atoms with Gasteiger partial charge in [0.1, 0.15) is 28.8 Å². The summed E-state index contributed by atoms with van der Waals surface area (Å²) >= 11 is 13.2. The summed E-state index contributed by atoms with van der Waals surface area (Å²) in [7, 11) is -0.244. The summed E-state index contributed by atoms with van der Waals surface area (Å²) in [6, 6.07) is 8.81. The van der Waals surface area contributed by atoms with Crippen molar-refractivity contribution in [3.8, 4) is 5.75 Å². The molecule has 4 rings (SSSR count). The first-order chi connectivity index (χ1) is 23.7. The first-order valence-corrected chi connectivity index (χ1v) is 19.4. The lowest BCUT2D eigenvalue weighted by Gasteiger charge is -2.37. The fourth-order valence-electron chi connectivity index (χ4n) is 6.15. The molecule has 3 N–H and O–H groups in total. The normalized spacial score (nSPS) is 15.1. The van der Waals surface area contributed by atoms with Gasteiger partial charge in [-0.15, -0.1) is 0 Å². The van der Waals surface area contributed by atoms with Crippen LogP contribution >= 0.6 is 23.2 Å². The fourth-order valence-corrected chi connectivity index (χ4v) is 8.26. The number of para-hydroxylation sites is 1. The van der Waals surface area contributed by atoms with Crippen molar-refractivity contribution in [3.05, 3.63) is 63.3 Å². The molecule has 1 aromatic heterocycles. The molecule has 0 bridgehead atoms. The highest BCUT2D eigenvalue weighted by atomic mass is 35.5. The molecule has 1 fully saturated rings. The van der Waals surface area contributed by atoms with Crippen molar-refractivity contribution in [2.75, 3.05) is 46.8 Å². The molecule has 1 aliphatic rings. The molecule has 0 radical (unpaired) electrons. The second-order valence-electron chi connectivity index (χ2n) is 13.2. The van der Waals surface area contributed by atoms with Crippen LogP contribution in [0.4, 0.5) is 0 Å². The standard InChI is InChI=1S/C36H50Cl2N6O5S/c1-6-7-13-30(36(46)44-20-18-43(19-21-44)35(45)29(39)12-8-9-17-42(4)5)41-50(47,48)32-16-15-28(37)27(33(32)38)23-49-31-14-10-11-26-24(2)22-25(3)40-34(26)31/h10-11,14-16,22,29-30,41H,6-9,12-13,17-21,23,39H2,1-5H3/t29-,30+/m0/s1. The summed E-state index contributed by atoms with van der Waals surface area (Å²) in [6.07, 6.45) is 4.13. The van der Waals surface area contributed by atoms with Gasteiger partial charge >= 0.3 is 0 Å². The van der Waals surface area contributed by atoms with Crippen LogP contribution < -0.4 is 15.2 Å². The molecule has 1 saturated heterocycles. The molecule has 1 aliphatic heterocycles. The van der Waals surface area contributed by atoms with Gasteiger partial charge in [0.05, 0.1) is 11.1 Å². The third-order valence-corrected chi connectivity index (χ3v) is 11.4. The zero-order chi connectivity index (χ0) is 36.6. The lowest BCUT2D eigenvalue weighted by molar-refractivity contribution is -0.141. The van der Waals surface area contributed by atoms with Gasteiger partial charge in [0, 0.05) is 47.8 Å². The summed E-state index contributed by atoms with van der Waals surface area (Å²) in [5.74, 6) is 0.0518. The predicted molar refractivity (Wildman–Crippen MR) is 199 cm³/mol. The summed E-state index contributed by atoms with van der Waals surface area (Å²) in [5.41, 5.74) is 9.09. The number of aryl methyl sites for hydroxylation is 2. The van der Waals surface area contributed by atoms with E-state index >= 15 is 0 Å². The number of pyridine rings is 1. The molecule has 0 spiro atoms. The van der Waals surface area contributed by atoms with Crippen LogP contribution in [0, 0.1) is 13.8 Å². The molecule has 0 saturated carbocycles. The van der Waals surface area contributed by atoms with Crippen molar-refractivity contribution in [1.82, 2.24) is 24.4 Å². The summed E-state index contributed by atoms with van der Waals surface area (Å²) < 4.78 is 36.4. The van der Waals surface area contributed by atoms with Crippen molar-refractivity contribution in [1.29, 1.82) is 0 Å². The molecule has 11 nitrogen and oxygen atoms in total. The Bertz CT molecular complexity index is 1770. The number of ether oxygens (including phenoxy) is 1. The Labute approximate surface area is 306 Å². The van der Waals surface area contributed by atoms with Gasteiger partial charge in [-0.3, -0.25) is 9.59 Å². The van der Waals surface area contributed by atoms with Crippen molar-refractivity contribution in [3.63, 3.8) is 0 Å². The maximum absolute atomic E-state index is 13.8. The molecule has 2 amide bonds. The predicted octanol–water partition coefficient (Wildman–Crippen LogP) is 5.30. The second-order valence-corrected chi connectivity index (χ2v) is 15.7. The number of nitrogens with one attached hydrogen (secondary N) is 1. The smallest absolute Gasteiger partial charge is 0.242 e. The van der Waals surface area contributed by atoms with Crippen molar-refractivity contribution >= 4 is 55.9 Å². The number of aromatic nitrogens is 1. The molecule has 3 aromatic rings. The SMILES string of the molecule is CCCC[C@@H](NS(=O)(=O)c1ccc(Cl)c(COc2cccc3c(C)cc(C)nc23)c1Cl)C(=O)N1CCN(C(=O)[C@@H](N)CCCCN(C)C)CC1. The van der Waals surface area contributed by atoms with Crippen LogP contribution in [0.15, 0.2) is 41.3 Å². The number of sulfonamides is 1. The number of benzene rings is 2. The van der Waals surface area contributed by atoms with Gasteiger partial charge in [0.2, 0.25) is 21.8 Å². The van der Waals surface area contributed by atoms with Crippen molar-refractivity contribution in [2.45, 2.75) is 82.9 Å². The van der Waals surface area contributed by atoms with Crippen molar-refractivity contribution in [2.24, 2.45) is 5.73 Å². The number of piperazine rings is 1. The highest BCUT2D eigenvalue weighted by molar-refractivity contribution is 7.89. The van der Waals surface area contributed by atoms with Gasteiger partial charge in [-0.25, -0.2) is 13.4 Å². The quantitative estimate of drug-likeness (QED) is 0.188. The maximum atomic E-state index is 13.8. The number of amides is 2. The third-order valence-electron chi connectivity index (χ3n) is 8.98. The number of halogens is 2. The Morgan fingerprint density at radius 1 is 1.00 bits per heavy atom. The van der Waals surface area contributed by atoms with Crippen LogP contribution in [0.1, 0.15) is 62.3 Å². The van der Waals surface area contributed by atoms with Crippen LogP contribution in [0.2, 0.25) is 10.0 Å². The number of carbonyl (C=O) groups excluding carboxylic acids is 2. The van der Waals surface area contributed by atoms with E-state index < -0.39 is 22.1 Å². The number of carbonyl (C=O) groups is 2. The van der Waals surface area contributed by atoms with Gasteiger partial charge < -0.3 is 25.2 Å². The summed E-state index contributed by atoms with van der Waals surface area (Å²) in [4.78, 5) is 36.6. The van der Waals surface area contributed by atoms with Crippen LogP contribution in [0.3, 0.4) is 0 Å². The average Bonchev–Trinajstić information content (AvgIpc) is 3.07. The summed E-state index contributed by atoms with van der Waals surface area (Å²) in [6.45, 7) is 7.96.